The van der Waals surface area contributed by atoms with Gasteiger partial charge < -0.3 is 15.5 Å². The van der Waals surface area contributed by atoms with Crippen LogP contribution in [-0.4, -0.2) is 59.9 Å². The average Bonchev–Trinajstić information content (AvgIpc) is 2.97. The monoisotopic (exact) mass is 329 g/mol. The molecule has 7 heteroatoms. The molecule has 1 aromatic rings. The summed E-state index contributed by atoms with van der Waals surface area (Å²) in [5, 5.41) is 10.7. The van der Waals surface area contributed by atoms with Gasteiger partial charge in [-0.3, -0.25) is 9.48 Å². The van der Waals surface area contributed by atoms with Crippen LogP contribution in [0.25, 0.3) is 0 Å². The Labute approximate surface area is 139 Å². The molecule has 1 fully saturated rings. The Kier molecular flexibility index (Phi) is 7.85. The largest absolute Gasteiger partial charge is 0.349 e. The first-order valence-corrected chi connectivity index (χ1v) is 7.82. The molecule has 0 spiro atoms. The number of carbonyl (C=O) groups is 1. The number of carbonyl (C=O) groups excluding carboxylic acids is 1. The molecule has 6 nitrogen and oxygen atoms in total. The van der Waals surface area contributed by atoms with E-state index in [0.717, 1.165) is 32.5 Å². The number of nitrogens with one attached hydrogen (secondary N) is 2. The van der Waals surface area contributed by atoms with Crippen LogP contribution in [0, 0.1) is 0 Å². The Balaban J connectivity index is 0.00000242. The van der Waals surface area contributed by atoms with Crippen molar-refractivity contribution in [3.63, 3.8) is 0 Å². The van der Waals surface area contributed by atoms with E-state index in [9.17, 15) is 4.79 Å². The van der Waals surface area contributed by atoms with Gasteiger partial charge in [0, 0.05) is 31.9 Å². The van der Waals surface area contributed by atoms with Crippen LogP contribution in [0.4, 0.5) is 0 Å². The van der Waals surface area contributed by atoms with Crippen molar-refractivity contribution in [2.45, 2.75) is 38.8 Å². The fourth-order valence-corrected chi connectivity index (χ4v) is 2.42. The van der Waals surface area contributed by atoms with Crippen LogP contribution < -0.4 is 10.6 Å². The smallest absolute Gasteiger partial charge is 0.271 e. The zero-order chi connectivity index (χ0) is 15.2. The molecule has 2 N–H and O–H groups in total. The lowest BCUT2D eigenvalue weighted by atomic mass is 10.1. The highest BCUT2D eigenvalue weighted by Crippen LogP contribution is 2.15. The number of hydrogen-bond donors (Lipinski definition) is 2. The molecular weight excluding hydrogens is 302 g/mol. The topological polar surface area (TPSA) is 62.2 Å². The molecule has 1 aliphatic heterocycles. The van der Waals surface area contributed by atoms with Crippen molar-refractivity contribution in [3.05, 3.63) is 18.0 Å². The minimum Gasteiger partial charge on any atom is -0.349 e. The molecule has 0 aromatic carbocycles. The zero-order valence-corrected chi connectivity index (χ0v) is 14.5. The van der Waals surface area contributed by atoms with E-state index in [4.69, 9.17) is 0 Å². The van der Waals surface area contributed by atoms with Crippen molar-refractivity contribution in [1.29, 1.82) is 0 Å². The summed E-state index contributed by atoms with van der Waals surface area (Å²) in [6.07, 6.45) is 4.19. The Morgan fingerprint density at radius 3 is 3.00 bits per heavy atom. The lowest BCUT2D eigenvalue weighted by Gasteiger charge is -2.23. The predicted molar refractivity (Wildman–Crippen MR) is 90.7 cm³/mol. The van der Waals surface area contributed by atoms with E-state index >= 15 is 0 Å². The first-order valence-electron chi connectivity index (χ1n) is 7.82. The van der Waals surface area contributed by atoms with Crippen LogP contribution in [0.3, 0.4) is 0 Å². The van der Waals surface area contributed by atoms with Gasteiger partial charge in [0.1, 0.15) is 5.69 Å². The molecule has 0 bridgehead atoms. The van der Waals surface area contributed by atoms with Crippen LogP contribution in [0.15, 0.2) is 12.3 Å². The number of nitrogens with zero attached hydrogens (tertiary/aromatic N) is 3. The van der Waals surface area contributed by atoms with Gasteiger partial charge in [-0.25, -0.2) is 0 Å². The van der Waals surface area contributed by atoms with Crippen molar-refractivity contribution in [2.24, 2.45) is 0 Å². The number of rotatable bonds is 6. The first kappa shape index (κ1) is 18.9. The Morgan fingerprint density at radius 2 is 2.36 bits per heavy atom. The van der Waals surface area contributed by atoms with Crippen molar-refractivity contribution < 1.29 is 4.79 Å². The van der Waals surface area contributed by atoms with E-state index in [1.807, 2.05) is 10.9 Å². The molecule has 1 aliphatic rings. The highest BCUT2D eigenvalue weighted by atomic mass is 35.5. The van der Waals surface area contributed by atoms with E-state index in [-0.39, 0.29) is 18.3 Å². The van der Waals surface area contributed by atoms with Crippen molar-refractivity contribution in [1.82, 2.24) is 25.3 Å². The highest BCUT2D eigenvalue weighted by molar-refractivity contribution is 5.92. The molecule has 1 atom stereocenters. The summed E-state index contributed by atoms with van der Waals surface area (Å²) in [5.41, 5.74) is 0.507. The number of likely N-dealkylation sites (N-methyl/N-ethyl adjacent to an activating group) is 1. The van der Waals surface area contributed by atoms with Gasteiger partial charge in [-0.1, -0.05) is 0 Å². The summed E-state index contributed by atoms with van der Waals surface area (Å²) in [6, 6.07) is 2.66. The van der Waals surface area contributed by atoms with Crippen LogP contribution >= 0.6 is 12.4 Å². The number of hydrogen-bond acceptors (Lipinski definition) is 4. The maximum Gasteiger partial charge on any atom is 0.271 e. The van der Waals surface area contributed by atoms with E-state index in [1.54, 1.807) is 6.07 Å². The molecule has 1 amide bonds. The lowest BCUT2D eigenvalue weighted by Crippen LogP contribution is -2.36. The van der Waals surface area contributed by atoms with Gasteiger partial charge >= 0.3 is 0 Å². The minimum atomic E-state index is -0.0883. The summed E-state index contributed by atoms with van der Waals surface area (Å²) in [5.74, 6) is -0.0883. The van der Waals surface area contributed by atoms with E-state index in [0.29, 0.717) is 24.3 Å². The summed E-state index contributed by atoms with van der Waals surface area (Å²) in [6.45, 7) is 7.78. The second kappa shape index (κ2) is 9.12. The third kappa shape index (κ3) is 5.26. The SMILES string of the molecule is CC(C)N(C)CCNC(=O)c1ccn(C2CCCNC2)n1.Cl. The molecule has 0 aliphatic carbocycles. The van der Waals surface area contributed by atoms with Crippen molar-refractivity contribution in [3.8, 4) is 0 Å². The van der Waals surface area contributed by atoms with E-state index in [2.05, 4.69) is 41.5 Å². The molecule has 0 radical (unpaired) electrons. The molecule has 2 rings (SSSR count). The van der Waals surface area contributed by atoms with Crippen LogP contribution in [-0.2, 0) is 0 Å². The highest BCUT2D eigenvalue weighted by Gasteiger charge is 2.17. The number of aromatic nitrogens is 2. The van der Waals surface area contributed by atoms with Gasteiger partial charge in [0.2, 0.25) is 0 Å². The number of piperidine rings is 1. The standard InChI is InChI=1S/C15H27N5O.ClH/c1-12(2)19(3)10-8-17-15(21)14-6-9-20(18-14)13-5-4-7-16-11-13;/h6,9,12-13,16H,4-5,7-8,10-11H2,1-3H3,(H,17,21);1H. The van der Waals surface area contributed by atoms with Gasteiger partial charge in [-0.15, -0.1) is 12.4 Å². The Hall–Kier alpha value is -1.11. The van der Waals surface area contributed by atoms with Gasteiger partial charge in [0.25, 0.3) is 5.91 Å². The Bertz CT molecular complexity index is 457. The molecule has 126 valence electrons. The summed E-state index contributed by atoms with van der Waals surface area (Å²) in [7, 11) is 2.06. The molecular formula is C15H28ClN5O. The fraction of sp³-hybridized carbons (Fsp3) is 0.733. The third-order valence-corrected chi connectivity index (χ3v) is 4.12. The molecule has 1 unspecified atom stereocenters. The van der Waals surface area contributed by atoms with E-state index in [1.165, 1.54) is 0 Å². The zero-order valence-electron chi connectivity index (χ0n) is 13.7. The summed E-state index contributed by atoms with van der Waals surface area (Å²) in [4.78, 5) is 14.3. The van der Waals surface area contributed by atoms with Gasteiger partial charge in [0.05, 0.1) is 6.04 Å². The number of amides is 1. The molecule has 22 heavy (non-hydrogen) atoms. The molecule has 0 saturated carbocycles. The maximum atomic E-state index is 12.1. The lowest BCUT2D eigenvalue weighted by molar-refractivity contribution is 0.0941. The molecule has 1 saturated heterocycles. The number of halogens is 1. The van der Waals surface area contributed by atoms with Crippen LogP contribution in [0.1, 0.15) is 43.2 Å². The normalized spacial score (nSPS) is 18.3. The predicted octanol–water partition coefficient (Wildman–Crippen LogP) is 1.30. The van der Waals surface area contributed by atoms with Gasteiger partial charge in [0.15, 0.2) is 0 Å². The Morgan fingerprint density at radius 1 is 1.59 bits per heavy atom. The van der Waals surface area contributed by atoms with Crippen LogP contribution in [0.2, 0.25) is 0 Å². The summed E-state index contributed by atoms with van der Waals surface area (Å²) >= 11 is 0. The summed E-state index contributed by atoms with van der Waals surface area (Å²) < 4.78 is 1.92. The van der Waals surface area contributed by atoms with Crippen LogP contribution in [0.5, 0.6) is 0 Å². The third-order valence-electron chi connectivity index (χ3n) is 4.12. The van der Waals surface area contributed by atoms with Crippen molar-refractivity contribution in [2.75, 3.05) is 33.2 Å². The quantitative estimate of drug-likeness (QED) is 0.826. The minimum absolute atomic E-state index is 0. The van der Waals surface area contributed by atoms with Gasteiger partial charge in [-0.2, -0.15) is 5.10 Å². The molecule has 1 aromatic heterocycles. The average molecular weight is 330 g/mol. The fourth-order valence-electron chi connectivity index (χ4n) is 2.42. The van der Waals surface area contributed by atoms with Crippen molar-refractivity contribution >= 4 is 18.3 Å². The maximum absolute atomic E-state index is 12.1. The second-order valence-corrected chi connectivity index (χ2v) is 6.01. The van der Waals surface area contributed by atoms with E-state index < -0.39 is 0 Å². The van der Waals surface area contributed by atoms with Gasteiger partial charge in [-0.05, 0) is 46.3 Å². The first-order chi connectivity index (χ1) is 10.1. The molecule has 2 heterocycles. The second-order valence-electron chi connectivity index (χ2n) is 6.01.